The van der Waals surface area contributed by atoms with E-state index in [2.05, 4.69) is 4.98 Å². The number of aromatic nitrogens is 1. The Balaban J connectivity index is 1.74. The molecule has 34 heavy (non-hydrogen) atoms. The van der Waals surface area contributed by atoms with Gasteiger partial charge in [0.05, 0.1) is 24.3 Å². The Hall–Kier alpha value is -3.69. The van der Waals surface area contributed by atoms with E-state index in [1.165, 1.54) is 41.8 Å². The molecule has 0 atom stereocenters. The SMILES string of the molecule is CCOc1ccc2[nH]c(=O)c(CN(Cc3ccco3)S(=O)(=O)c3ccc(C(C)=O)cc3)cc2c1. The van der Waals surface area contributed by atoms with Crippen molar-refractivity contribution in [2.75, 3.05) is 6.61 Å². The summed E-state index contributed by atoms with van der Waals surface area (Å²) in [4.78, 5) is 27.2. The standard InChI is InChI=1S/C25H24N2O6S/c1-3-32-21-8-11-24-19(14-21)13-20(25(29)26-24)15-27(16-22-5-4-12-33-22)34(30,31)23-9-6-18(7-10-23)17(2)28/h4-14H,3,15-16H2,1-2H3,(H,26,29). The maximum Gasteiger partial charge on any atom is 0.252 e. The topological polar surface area (TPSA) is 110 Å². The fourth-order valence-electron chi connectivity index (χ4n) is 3.61. The van der Waals surface area contributed by atoms with Gasteiger partial charge < -0.3 is 14.1 Å². The van der Waals surface area contributed by atoms with Crippen LogP contribution in [0.3, 0.4) is 0 Å². The number of furan rings is 1. The maximum atomic E-state index is 13.5. The average molecular weight is 481 g/mol. The quantitative estimate of drug-likeness (QED) is 0.361. The van der Waals surface area contributed by atoms with E-state index in [-0.39, 0.29) is 34.9 Å². The number of Topliss-reactive ketones (excluding diaryl/α,β-unsaturated/α-hetero) is 1. The number of fused-ring (bicyclic) bond motifs is 1. The Morgan fingerprint density at radius 2 is 1.82 bits per heavy atom. The van der Waals surface area contributed by atoms with Gasteiger partial charge in [-0.25, -0.2) is 8.42 Å². The van der Waals surface area contributed by atoms with Gasteiger partial charge in [0, 0.05) is 28.6 Å². The summed E-state index contributed by atoms with van der Waals surface area (Å²) < 4.78 is 39.1. The molecule has 1 N–H and O–H groups in total. The van der Waals surface area contributed by atoms with E-state index in [1.807, 2.05) is 6.92 Å². The lowest BCUT2D eigenvalue weighted by atomic mass is 10.1. The molecule has 0 radical (unpaired) electrons. The molecule has 9 heteroatoms. The van der Waals surface area contributed by atoms with Gasteiger partial charge in [-0.15, -0.1) is 0 Å². The Morgan fingerprint density at radius 3 is 2.47 bits per heavy atom. The minimum absolute atomic E-state index is 0.0138. The van der Waals surface area contributed by atoms with Gasteiger partial charge in [0.25, 0.3) is 5.56 Å². The Kier molecular flexibility index (Phi) is 6.67. The lowest BCUT2D eigenvalue weighted by molar-refractivity contribution is 0.101. The molecule has 176 valence electrons. The van der Waals surface area contributed by atoms with Gasteiger partial charge in [-0.05, 0) is 62.4 Å². The first-order valence-corrected chi connectivity index (χ1v) is 12.1. The molecule has 0 saturated heterocycles. The molecule has 0 bridgehead atoms. The molecule has 0 saturated carbocycles. The summed E-state index contributed by atoms with van der Waals surface area (Å²) >= 11 is 0. The molecule has 8 nitrogen and oxygen atoms in total. The summed E-state index contributed by atoms with van der Waals surface area (Å²) in [5.41, 5.74) is 0.921. The van der Waals surface area contributed by atoms with E-state index >= 15 is 0 Å². The number of hydrogen-bond acceptors (Lipinski definition) is 6. The highest BCUT2D eigenvalue weighted by atomic mass is 32.2. The van der Waals surface area contributed by atoms with Crippen molar-refractivity contribution in [3.05, 3.63) is 94.2 Å². The third-order valence-electron chi connectivity index (χ3n) is 5.36. The number of carbonyl (C=O) groups is 1. The van der Waals surface area contributed by atoms with Crippen molar-refractivity contribution in [2.45, 2.75) is 31.8 Å². The minimum Gasteiger partial charge on any atom is -0.494 e. The molecule has 0 aliphatic rings. The zero-order valence-electron chi connectivity index (χ0n) is 18.8. The largest absolute Gasteiger partial charge is 0.494 e. The molecule has 0 spiro atoms. The number of pyridine rings is 1. The molecular formula is C25H24N2O6S. The summed E-state index contributed by atoms with van der Waals surface area (Å²) in [7, 11) is -4.02. The zero-order valence-corrected chi connectivity index (χ0v) is 19.6. The van der Waals surface area contributed by atoms with Crippen LogP contribution in [0.4, 0.5) is 0 Å². The van der Waals surface area contributed by atoms with Gasteiger partial charge in [-0.3, -0.25) is 9.59 Å². The van der Waals surface area contributed by atoms with E-state index < -0.39 is 10.0 Å². The van der Waals surface area contributed by atoms with Crippen LogP contribution in [0.5, 0.6) is 5.75 Å². The van der Waals surface area contributed by atoms with Gasteiger partial charge in [-0.2, -0.15) is 4.31 Å². The van der Waals surface area contributed by atoms with Crippen molar-refractivity contribution < 1.29 is 22.4 Å². The van der Waals surface area contributed by atoms with Crippen LogP contribution < -0.4 is 10.3 Å². The van der Waals surface area contributed by atoms with E-state index in [0.717, 1.165) is 5.39 Å². The smallest absolute Gasteiger partial charge is 0.252 e. The number of hydrogen-bond donors (Lipinski definition) is 1. The second-order valence-corrected chi connectivity index (χ2v) is 9.68. The number of nitrogens with one attached hydrogen (secondary N) is 1. The number of benzene rings is 2. The van der Waals surface area contributed by atoms with Crippen LogP contribution in [0.2, 0.25) is 0 Å². The molecule has 0 fully saturated rings. The summed E-state index contributed by atoms with van der Waals surface area (Å²) in [6.45, 7) is 3.54. The molecular weight excluding hydrogens is 456 g/mol. The van der Waals surface area contributed by atoms with Gasteiger partial charge in [0.1, 0.15) is 11.5 Å². The van der Waals surface area contributed by atoms with Gasteiger partial charge >= 0.3 is 0 Å². The lowest BCUT2D eigenvalue weighted by Crippen LogP contribution is -2.32. The van der Waals surface area contributed by atoms with Crippen molar-refractivity contribution in [1.82, 2.24) is 9.29 Å². The van der Waals surface area contributed by atoms with Gasteiger partial charge in [0.2, 0.25) is 10.0 Å². The predicted molar refractivity (Wildman–Crippen MR) is 127 cm³/mol. The van der Waals surface area contributed by atoms with E-state index in [0.29, 0.717) is 29.2 Å². The monoisotopic (exact) mass is 480 g/mol. The first-order valence-electron chi connectivity index (χ1n) is 10.7. The van der Waals surface area contributed by atoms with Crippen LogP contribution in [0.25, 0.3) is 10.9 Å². The van der Waals surface area contributed by atoms with Gasteiger partial charge in [0.15, 0.2) is 5.78 Å². The van der Waals surface area contributed by atoms with Crippen molar-refractivity contribution in [2.24, 2.45) is 0 Å². The number of carbonyl (C=O) groups excluding carboxylic acids is 1. The number of H-pyrrole nitrogens is 1. The predicted octanol–water partition coefficient (Wildman–Crippen LogP) is 4.11. The molecule has 0 unspecified atom stereocenters. The number of rotatable bonds is 9. The first-order chi connectivity index (χ1) is 16.3. The Morgan fingerprint density at radius 1 is 1.06 bits per heavy atom. The van der Waals surface area contributed by atoms with Crippen LogP contribution in [0.15, 0.2) is 81.0 Å². The molecule has 0 amide bonds. The summed E-state index contributed by atoms with van der Waals surface area (Å²) in [6.07, 6.45) is 1.46. The second kappa shape index (κ2) is 9.66. The van der Waals surface area contributed by atoms with Crippen molar-refractivity contribution >= 4 is 26.7 Å². The van der Waals surface area contributed by atoms with Crippen molar-refractivity contribution in [3.63, 3.8) is 0 Å². The number of ether oxygens (including phenoxy) is 1. The Labute approximate surface area is 196 Å². The van der Waals surface area contributed by atoms with Crippen molar-refractivity contribution in [3.8, 4) is 5.75 Å². The molecule has 2 heterocycles. The van der Waals surface area contributed by atoms with E-state index in [9.17, 15) is 18.0 Å². The molecule has 4 aromatic rings. The lowest BCUT2D eigenvalue weighted by Gasteiger charge is -2.21. The van der Waals surface area contributed by atoms with Crippen LogP contribution in [0.1, 0.15) is 35.5 Å². The minimum atomic E-state index is -4.02. The molecule has 2 aromatic carbocycles. The average Bonchev–Trinajstić information content (AvgIpc) is 3.33. The highest BCUT2D eigenvalue weighted by Gasteiger charge is 2.27. The molecule has 0 aliphatic heterocycles. The van der Waals surface area contributed by atoms with Crippen LogP contribution in [-0.2, 0) is 23.1 Å². The number of ketones is 1. The number of nitrogens with zero attached hydrogens (tertiary/aromatic N) is 1. The Bertz CT molecular complexity index is 1470. The fourth-order valence-corrected chi connectivity index (χ4v) is 4.99. The summed E-state index contributed by atoms with van der Waals surface area (Å²) in [5, 5.41) is 0.724. The summed E-state index contributed by atoms with van der Waals surface area (Å²) in [6, 6.07) is 16.0. The van der Waals surface area contributed by atoms with Crippen LogP contribution >= 0.6 is 0 Å². The molecule has 4 rings (SSSR count). The maximum absolute atomic E-state index is 13.5. The zero-order chi connectivity index (χ0) is 24.3. The first kappa shape index (κ1) is 23.5. The highest BCUT2D eigenvalue weighted by Crippen LogP contribution is 2.24. The van der Waals surface area contributed by atoms with Crippen LogP contribution in [0, 0.1) is 0 Å². The third-order valence-corrected chi connectivity index (χ3v) is 7.17. The normalized spacial score (nSPS) is 11.7. The van der Waals surface area contributed by atoms with E-state index in [1.54, 1.807) is 36.4 Å². The molecule has 0 aliphatic carbocycles. The fraction of sp³-hybridized carbons (Fsp3) is 0.200. The third kappa shape index (κ3) is 4.95. The van der Waals surface area contributed by atoms with Crippen LogP contribution in [-0.4, -0.2) is 30.1 Å². The molecule has 2 aromatic heterocycles. The number of aromatic amines is 1. The summed E-state index contributed by atoms with van der Waals surface area (Å²) in [5.74, 6) is 0.920. The highest BCUT2D eigenvalue weighted by molar-refractivity contribution is 7.89. The van der Waals surface area contributed by atoms with Gasteiger partial charge in [-0.1, -0.05) is 12.1 Å². The van der Waals surface area contributed by atoms with Crippen molar-refractivity contribution in [1.29, 1.82) is 0 Å². The second-order valence-electron chi connectivity index (χ2n) is 7.74. The number of sulfonamides is 1. The van der Waals surface area contributed by atoms with E-state index in [4.69, 9.17) is 9.15 Å².